The summed E-state index contributed by atoms with van der Waals surface area (Å²) < 4.78 is 2.45. The summed E-state index contributed by atoms with van der Waals surface area (Å²) in [5, 5.41) is 0. The quantitative estimate of drug-likeness (QED) is 0.868. The van der Waals surface area contributed by atoms with E-state index in [1.807, 2.05) is 12.4 Å². The van der Waals surface area contributed by atoms with Gasteiger partial charge in [-0.3, -0.25) is 14.8 Å². The maximum absolute atomic E-state index is 4.83. The molecule has 5 heteroatoms. The number of rotatable bonds is 3. The molecule has 4 rings (SSSR count). The number of imidazole rings is 1. The van der Waals surface area contributed by atoms with Gasteiger partial charge in [-0.1, -0.05) is 6.92 Å². The summed E-state index contributed by atoms with van der Waals surface area (Å²) in [5.41, 5.74) is 2.80. The second kappa shape index (κ2) is 6.30. The maximum atomic E-state index is 4.83. The predicted octanol–water partition coefficient (Wildman–Crippen LogP) is 2.41. The van der Waals surface area contributed by atoms with Crippen LogP contribution in [0.2, 0.25) is 0 Å². The molecule has 0 bridgehead atoms. The van der Waals surface area contributed by atoms with Crippen LogP contribution in [0.3, 0.4) is 0 Å². The average Bonchev–Trinajstić information content (AvgIpc) is 3.00. The van der Waals surface area contributed by atoms with Crippen LogP contribution in [-0.2, 0) is 18.6 Å². The van der Waals surface area contributed by atoms with Gasteiger partial charge in [0, 0.05) is 57.0 Å². The molecule has 5 nitrogen and oxygen atoms in total. The number of aryl methyl sites for hydroxylation is 1. The first kappa shape index (κ1) is 15.8. The number of likely N-dealkylation sites (tertiary alicyclic amines) is 1. The second-order valence-electron chi connectivity index (χ2n) is 7.12. The highest BCUT2D eigenvalue weighted by Gasteiger charge is 2.46. The number of hydrogen-bond donors (Lipinski definition) is 0. The maximum Gasteiger partial charge on any atom is 0.129 e. The third-order valence-electron chi connectivity index (χ3n) is 5.89. The van der Waals surface area contributed by atoms with Crippen LogP contribution in [0.15, 0.2) is 30.7 Å². The van der Waals surface area contributed by atoms with Gasteiger partial charge in [0.15, 0.2) is 0 Å². The molecule has 1 saturated heterocycles. The van der Waals surface area contributed by atoms with Crippen LogP contribution >= 0.6 is 0 Å². The van der Waals surface area contributed by atoms with Crippen LogP contribution in [0.25, 0.3) is 0 Å². The Morgan fingerprint density at radius 1 is 1.08 bits per heavy atom. The van der Waals surface area contributed by atoms with E-state index in [2.05, 4.69) is 51.5 Å². The molecule has 0 saturated carbocycles. The van der Waals surface area contributed by atoms with Gasteiger partial charge < -0.3 is 4.57 Å². The summed E-state index contributed by atoms with van der Waals surface area (Å²) in [4.78, 5) is 14.2. The lowest BCUT2D eigenvalue weighted by Gasteiger charge is -2.50. The molecule has 0 amide bonds. The van der Waals surface area contributed by atoms with Crippen molar-refractivity contribution in [3.8, 4) is 0 Å². The monoisotopic (exact) mass is 325 g/mol. The number of piperidine rings is 1. The molecule has 1 fully saturated rings. The van der Waals surface area contributed by atoms with Gasteiger partial charge in [0.1, 0.15) is 5.82 Å². The number of pyridine rings is 1. The van der Waals surface area contributed by atoms with E-state index in [-0.39, 0.29) is 5.54 Å². The normalized spacial score (nSPS) is 21.1. The van der Waals surface area contributed by atoms with Crippen LogP contribution in [0.1, 0.15) is 36.8 Å². The van der Waals surface area contributed by atoms with Crippen molar-refractivity contribution in [3.63, 3.8) is 0 Å². The Balaban J connectivity index is 1.54. The molecule has 24 heavy (non-hydrogen) atoms. The molecule has 2 aromatic heterocycles. The van der Waals surface area contributed by atoms with Crippen molar-refractivity contribution in [2.75, 3.05) is 26.2 Å². The molecule has 2 aliphatic heterocycles. The van der Waals surface area contributed by atoms with Gasteiger partial charge >= 0.3 is 0 Å². The molecule has 0 atom stereocenters. The first-order valence-corrected chi connectivity index (χ1v) is 9.12. The lowest BCUT2D eigenvalue weighted by Crippen LogP contribution is -2.57. The predicted molar refractivity (Wildman–Crippen MR) is 94.6 cm³/mol. The summed E-state index contributed by atoms with van der Waals surface area (Å²) in [6, 6.07) is 4.25. The Labute approximate surface area is 144 Å². The number of fused-ring (bicyclic) bond motifs is 2. The highest BCUT2D eigenvalue weighted by atomic mass is 15.3. The fourth-order valence-electron chi connectivity index (χ4n) is 4.52. The standard InChI is InChI=1S/C19H27N5/c1-3-23-12-13-24-16(2)14-21-18(24)19(23)6-10-22(11-7-19)15-17-4-8-20-9-5-17/h4-5,8-9,14H,3,6-7,10-13,15H2,1-2H3. The van der Waals surface area contributed by atoms with E-state index in [0.717, 1.165) is 39.3 Å². The minimum atomic E-state index is 0.135. The van der Waals surface area contributed by atoms with E-state index in [4.69, 9.17) is 4.98 Å². The minimum absolute atomic E-state index is 0.135. The van der Waals surface area contributed by atoms with Gasteiger partial charge in [-0.2, -0.15) is 0 Å². The van der Waals surface area contributed by atoms with E-state index >= 15 is 0 Å². The van der Waals surface area contributed by atoms with Gasteiger partial charge in [0.2, 0.25) is 0 Å². The Hall–Kier alpha value is -1.72. The van der Waals surface area contributed by atoms with Gasteiger partial charge in [-0.05, 0) is 44.0 Å². The minimum Gasteiger partial charge on any atom is -0.329 e. The number of hydrogen-bond acceptors (Lipinski definition) is 4. The van der Waals surface area contributed by atoms with Crippen molar-refractivity contribution in [1.29, 1.82) is 0 Å². The highest BCUT2D eigenvalue weighted by Crippen LogP contribution is 2.41. The highest BCUT2D eigenvalue weighted by molar-refractivity contribution is 5.19. The summed E-state index contributed by atoms with van der Waals surface area (Å²) in [6.07, 6.45) is 8.17. The summed E-state index contributed by atoms with van der Waals surface area (Å²) in [5.74, 6) is 1.30. The van der Waals surface area contributed by atoms with Crippen molar-refractivity contribution in [3.05, 3.63) is 47.8 Å². The number of likely N-dealkylation sites (N-methyl/N-ethyl adjacent to an activating group) is 1. The third-order valence-corrected chi connectivity index (χ3v) is 5.89. The zero-order valence-corrected chi connectivity index (χ0v) is 14.8. The molecule has 0 radical (unpaired) electrons. The molecule has 1 spiro atoms. The number of aromatic nitrogens is 3. The fourth-order valence-corrected chi connectivity index (χ4v) is 4.52. The van der Waals surface area contributed by atoms with Crippen molar-refractivity contribution in [2.24, 2.45) is 0 Å². The summed E-state index contributed by atoms with van der Waals surface area (Å²) in [6.45, 7) is 11.1. The summed E-state index contributed by atoms with van der Waals surface area (Å²) in [7, 11) is 0. The van der Waals surface area contributed by atoms with Crippen LogP contribution < -0.4 is 0 Å². The van der Waals surface area contributed by atoms with Gasteiger partial charge in [0.25, 0.3) is 0 Å². The molecule has 4 heterocycles. The Kier molecular flexibility index (Phi) is 4.14. The number of nitrogens with zero attached hydrogens (tertiary/aromatic N) is 5. The second-order valence-corrected chi connectivity index (χ2v) is 7.12. The Morgan fingerprint density at radius 3 is 2.54 bits per heavy atom. The Bertz CT molecular complexity index is 685. The molecule has 0 N–H and O–H groups in total. The molecular formula is C19H27N5. The van der Waals surface area contributed by atoms with E-state index in [0.29, 0.717) is 0 Å². The van der Waals surface area contributed by atoms with E-state index in [1.165, 1.54) is 29.9 Å². The topological polar surface area (TPSA) is 37.2 Å². The fraction of sp³-hybridized carbons (Fsp3) is 0.579. The molecule has 0 aromatic carbocycles. The largest absolute Gasteiger partial charge is 0.329 e. The van der Waals surface area contributed by atoms with Crippen LogP contribution in [0.4, 0.5) is 0 Å². The third kappa shape index (κ3) is 2.56. The molecule has 0 unspecified atom stereocenters. The summed E-state index contributed by atoms with van der Waals surface area (Å²) >= 11 is 0. The smallest absolute Gasteiger partial charge is 0.129 e. The first-order valence-electron chi connectivity index (χ1n) is 9.12. The lowest BCUT2D eigenvalue weighted by atomic mass is 9.83. The van der Waals surface area contributed by atoms with Crippen LogP contribution in [0, 0.1) is 6.92 Å². The average molecular weight is 325 g/mol. The van der Waals surface area contributed by atoms with Gasteiger partial charge in [-0.15, -0.1) is 0 Å². The van der Waals surface area contributed by atoms with E-state index < -0.39 is 0 Å². The SMILES string of the molecule is CCN1CCn2c(C)cnc2C12CCN(Cc1ccncc1)CC2. The van der Waals surface area contributed by atoms with Gasteiger partial charge in [-0.25, -0.2) is 4.98 Å². The molecular weight excluding hydrogens is 298 g/mol. The van der Waals surface area contributed by atoms with Crippen molar-refractivity contribution in [2.45, 2.75) is 45.3 Å². The molecule has 0 aliphatic carbocycles. The van der Waals surface area contributed by atoms with Crippen molar-refractivity contribution < 1.29 is 0 Å². The van der Waals surface area contributed by atoms with E-state index in [1.54, 1.807) is 0 Å². The van der Waals surface area contributed by atoms with Crippen molar-refractivity contribution >= 4 is 0 Å². The lowest BCUT2D eigenvalue weighted by molar-refractivity contribution is -0.00834. The zero-order valence-electron chi connectivity index (χ0n) is 14.8. The van der Waals surface area contributed by atoms with Crippen molar-refractivity contribution in [1.82, 2.24) is 24.3 Å². The van der Waals surface area contributed by atoms with Crippen LogP contribution in [0.5, 0.6) is 0 Å². The van der Waals surface area contributed by atoms with Crippen LogP contribution in [-0.4, -0.2) is 50.5 Å². The molecule has 2 aromatic rings. The molecule has 2 aliphatic rings. The van der Waals surface area contributed by atoms with E-state index in [9.17, 15) is 0 Å². The first-order chi connectivity index (χ1) is 11.7. The molecule has 128 valence electrons. The zero-order chi connectivity index (χ0) is 16.6. The Morgan fingerprint density at radius 2 is 1.83 bits per heavy atom. The van der Waals surface area contributed by atoms with Gasteiger partial charge in [0.05, 0.1) is 5.54 Å².